The maximum Gasteiger partial charge on any atom is 0.208 e. The molecule has 192 valence electrons. The minimum Gasteiger partial charge on any atom is -0.381 e. The fourth-order valence-electron chi connectivity index (χ4n) is 5.16. The molecule has 0 aromatic heterocycles. The lowest BCUT2D eigenvalue weighted by atomic mass is 9.74. The van der Waals surface area contributed by atoms with E-state index in [1.165, 1.54) is 6.07 Å². The second kappa shape index (κ2) is 10.3. The Hall–Kier alpha value is -1.85. The van der Waals surface area contributed by atoms with E-state index in [9.17, 15) is 16.8 Å². The van der Waals surface area contributed by atoms with Crippen LogP contribution in [0.15, 0.2) is 48.5 Å². The number of rotatable bonds is 7. The monoisotopic (exact) mass is 524 g/mol. The molecule has 2 heterocycles. The van der Waals surface area contributed by atoms with Gasteiger partial charge in [0.25, 0.3) is 0 Å². The normalized spacial score (nSPS) is 26.3. The molecule has 35 heavy (non-hydrogen) atoms. The number of hydrogen-bond acceptors (Lipinski definition) is 6. The highest BCUT2D eigenvalue weighted by Gasteiger charge is 2.43. The van der Waals surface area contributed by atoms with E-state index in [0.29, 0.717) is 43.7 Å². The van der Waals surface area contributed by atoms with E-state index in [2.05, 4.69) is 10.0 Å². The molecular formula is C25H33FN2O5S2. The number of benzene rings is 2. The van der Waals surface area contributed by atoms with Crippen LogP contribution in [0.4, 0.5) is 4.39 Å². The lowest BCUT2D eigenvalue weighted by Gasteiger charge is -2.38. The molecule has 3 atom stereocenters. The van der Waals surface area contributed by atoms with Crippen LogP contribution in [0.5, 0.6) is 0 Å². The van der Waals surface area contributed by atoms with Crippen LogP contribution in [0.2, 0.25) is 0 Å². The van der Waals surface area contributed by atoms with Crippen molar-refractivity contribution in [2.24, 2.45) is 0 Å². The molecule has 2 saturated heterocycles. The Bertz CT molecular complexity index is 1250. The van der Waals surface area contributed by atoms with Crippen molar-refractivity contribution in [3.63, 3.8) is 0 Å². The van der Waals surface area contributed by atoms with Crippen LogP contribution in [0, 0.1) is 5.82 Å². The summed E-state index contributed by atoms with van der Waals surface area (Å²) in [6.45, 7) is 3.22. The van der Waals surface area contributed by atoms with Crippen LogP contribution >= 0.6 is 0 Å². The first kappa shape index (κ1) is 26.2. The Kier molecular flexibility index (Phi) is 7.68. The average Bonchev–Trinajstić information content (AvgIpc) is 2.82. The molecule has 2 fully saturated rings. The summed E-state index contributed by atoms with van der Waals surface area (Å²) in [7, 11) is -6.98. The molecule has 2 aromatic carbocycles. The quantitative estimate of drug-likeness (QED) is 0.577. The SMILES string of the molecule is C[C@@H]1NC[C@@H](c2ccccc2)S(=O)(=O)C1Cc1ccc(C2(CNS(C)(=O)=O)CCOCC2)cc1F. The fraction of sp³-hybridized carbons (Fsp3) is 0.520. The molecule has 0 radical (unpaired) electrons. The zero-order valence-electron chi connectivity index (χ0n) is 20.0. The van der Waals surface area contributed by atoms with Crippen LogP contribution in [0.25, 0.3) is 0 Å². The number of sulfone groups is 1. The van der Waals surface area contributed by atoms with Gasteiger partial charge < -0.3 is 10.1 Å². The smallest absolute Gasteiger partial charge is 0.208 e. The van der Waals surface area contributed by atoms with Gasteiger partial charge in [-0.25, -0.2) is 25.9 Å². The minimum atomic E-state index is -3.57. The number of hydrogen-bond donors (Lipinski definition) is 2. The average molecular weight is 525 g/mol. The third-order valence-electron chi connectivity index (χ3n) is 7.38. The highest BCUT2D eigenvalue weighted by atomic mass is 32.2. The first-order valence-electron chi connectivity index (χ1n) is 11.8. The summed E-state index contributed by atoms with van der Waals surface area (Å²) >= 11 is 0. The molecule has 0 amide bonds. The van der Waals surface area contributed by atoms with Gasteiger partial charge in [-0.05, 0) is 48.9 Å². The van der Waals surface area contributed by atoms with Crippen LogP contribution in [-0.2, 0) is 36.4 Å². The molecule has 2 N–H and O–H groups in total. The van der Waals surface area contributed by atoms with E-state index in [1.54, 1.807) is 12.1 Å². The maximum absolute atomic E-state index is 15.4. The van der Waals surface area contributed by atoms with Crippen LogP contribution in [-0.4, -0.2) is 60.7 Å². The second-order valence-electron chi connectivity index (χ2n) is 9.72. The van der Waals surface area contributed by atoms with Crippen molar-refractivity contribution < 1.29 is 26.0 Å². The van der Waals surface area contributed by atoms with Gasteiger partial charge in [-0.15, -0.1) is 0 Å². The van der Waals surface area contributed by atoms with Crippen molar-refractivity contribution in [1.29, 1.82) is 0 Å². The Morgan fingerprint density at radius 1 is 1.14 bits per heavy atom. The number of halogens is 1. The molecule has 0 saturated carbocycles. The van der Waals surface area contributed by atoms with Gasteiger partial charge in [0.05, 0.1) is 16.8 Å². The molecule has 1 unspecified atom stereocenters. The molecule has 10 heteroatoms. The van der Waals surface area contributed by atoms with Gasteiger partial charge in [-0.2, -0.15) is 0 Å². The van der Waals surface area contributed by atoms with Crippen molar-refractivity contribution in [2.45, 2.75) is 48.1 Å². The van der Waals surface area contributed by atoms with E-state index in [1.807, 2.05) is 37.3 Å². The van der Waals surface area contributed by atoms with Gasteiger partial charge in [0.15, 0.2) is 9.84 Å². The van der Waals surface area contributed by atoms with Crippen molar-refractivity contribution in [2.75, 3.05) is 32.6 Å². The van der Waals surface area contributed by atoms with E-state index in [-0.39, 0.29) is 19.0 Å². The zero-order chi connectivity index (χ0) is 25.3. The third-order valence-corrected chi connectivity index (χ3v) is 10.7. The highest BCUT2D eigenvalue weighted by molar-refractivity contribution is 7.92. The van der Waals surface area contributed by atoms with Gasteiger partial charge in [-0.3, -0.25) is 0 Å². The van der Waals surface area contributed by atoms with Gasteiger partial charge >= 0.3 is 0 Å². The van der Waals surface area contributed by atoms with E-state index in [0.717, 1.165) is 11.8 Å². The van der Waals surface area contributed by atoms with Crippen LogP contribution < -0.4 is 10.0 Å². The summed E-state index contributed by atoms with van der Waals surface area (Å²) in [4.78, 5) is 0. The standard InChI is InChI=1S/C25H33FN2O5S2/c1-18-23(35(31,32)24(16-27-18)19-6-4-3-5-7-19)14-20-8-9-21(15-22(20)26)25(10-12-33-13-11-25)17-28-34(2,29)30/h3-9,15,18,23-24,27-28H,10-14,16-17H2,1-2H3/t18-,23?,24-/m0/s1. The van der Waals surface area contributed by atoms with Crippen molar-refractivity contribution in [3.05, 3.63) is 71.0 Å². The Labute approximate surface area is 207 Å². The number of sulfonamides is 1. The molecular weight excluding hydrogens is 491 g/mol. The Morgan fingerprint density at radius 3 is 2.46 bits per heavy atom. The van der Waals surface area contributed by atoms with Gasteiger partial charge in [0, 0.05) is 37.8 Å². The van der Waals surface area contributed by atoms with Crippen molar-refractivity contribution in [3.8, 4) is 0 Å². The highest BCUT2D eigenvalue weighted by Crippen LogP contribution is 2.37. The van der Waals surface area contributed by atoms with E-state index in [4.69, 9.17) is 4.74 Å². The first-order valence-corrected chi connectivity index (χ1v) is 15.3. The fourth-order valence-corrected chi connectivity index (χ4v) is 8.07. The maximum atomic E-state index is 15.4. The number of nitrogens with one attached hydrogen (secondary N) is 2. The lowest BCUT2D eigenvalue weighted by molar-refractivity contribution is 0.0516. The molecule has 0 spiro atoms. The number of ether oxygens (including phenoxy) is 1. The van der Waals surface area contributed by atoms with Crippen LogP contribution in [0.3, 0.4) is 0 Å². The summed E-state index contributed by atoms with van der Waals surface area (Å²) in [6, 6.07) is 13.7. The summed E-state index contributed by atoms with van der Waals surface area (Å²) in [5.41, 5.74) is 1.18. The predicted molar refractivity (Wildman–Crippen MR) is 134 cm³/mol. The van der Waals surface area contributed by atoms with Crippen molar-refractivity contribution >= 4 is 19.9 Å². The van der Waals surface area contributed by atoms with Crippen LogP contribution in [0.1, 0.15) is 41.7 Å². The summed E-state index contributed by atoms with van der Waals surface area (Å²) in [5.74, 6) is -0.475. The largest absolute Gasteiger partial charge is 0.381 e. The molecule has 2 aliphatic rings. The molecule has 0 bridgehead atoms. The van der Waals surface area contributed by atoms with Gasteiger partial charge in [-0.1, -0.05) is 42.5 Å². The van der Waals surface area contributed by atoms with E-state index < -0.39 is 41.6 Å². The molecule has 2 aliphatic heterocycles. The van der Waals surface area contributed by atoms with Gasteiger partial charge in [0.1, 0.15) is 5.82 Å². The zero-order valence-corrected chi connectivity index (χ0v) is 21.7. The van der Waals surface area contributed by atoms with Crippen molar-refractivity contribution in [1.82, 2.24) is 10.0 Å². The second-order valence-corrected chi connectivity index (χ2v) is 13.9. The molecule has 7 nitrogen and oxygen atoms in total. The Morgan fingerprint density at radius 2 is 1.83 bits per heavy atom. The van der Waals surface area contributed by atoms with Gasteiger partial charge in [0.2, 0.25) is 10.0 Å². The lowest BCUT2D eigenvalue weighted by Crippen LogP contribution is -2.53. The van der Waals surface area contributed by atoms with E-state index >= 15 is 4.39 Å². The predicted octanol–water partition coefficient (Wildman–Crippen LogP) is 2.48. The third kappa shape index (κ3) is 5.77. The summed E-state index contributed by atoms with van der Waals surface area (Å²) in [6.07, 6.45) is 2.28. The molecule has 4 rings (SSSR count). The molecule has 2 aromatic rings. The first-order chi connectivity index (χ1) is 16.5. The minimum absolute atomic E-state index is 0.0592. The Balaban J connectivity index is 1.60. The summed E-state index contributed by atoms with van der Waals surface area (Å²) < 4.78 is 74.0. The summed E-state index contributed by atoms with van der Waals surface area (Å²) in [5, 5.41) is 1.84. The molecule has 0 aliphatic carbocycles. The topological polar surface area (TPSA) is 102 Å².